The monoisotopic (exact) mass is 613 g/mol. The van der Waals surface area contributed by atoms with E-state index >= 15 is 0 Å². The van der Waals surface area contributed by atoms with Gasteiger partial charge in [-0.05, 0) is 43.3 Å². The highest BCUT2D eigenvalue weighted by Gasteiger charge is 2.42. The van der Waals surface area contributed by atoms with Crippen LogP contribution in [-0.2, 0) is 26.0 Å². The molecule has 1 aromatic heterocycles. The normalized spacial score (nSPS) is 16.8. The number of nitrogens with one attached hydrogen (secondary N) is 1. The lowest BCUT2D eigenvalue weighted by atomic mass is 9.97. The second-order valence-electron chi connectivity index (χ2n) is 9.31. The highest BCUT2D eigenvalue weighted by molar-refractivity contribution is 7.91. The largest absolute Gasteiger partial charge is 0.490 e. The van der Waals surface area contributed by atoms with E-state index in [-0.39, 0.29) is 24.6 Å². The number of carboxylic acid groups (broad SMARTS) is 2. The number of carboxylic acids is 1. The van der Waals surface area contributed by atoms with E-state index in [1.165, 1.54) is 17.6 Å². The molecular formula is C26H26F3N3O9S. The van der Waals surface area contributed by atoms with Crippen molar-refractivity contribution in [3.8, 4) is 5.75 Å². The fourth-order valence-electron chi connectivity index (χ4n) is 4.37. The summed E-state index contributed by atoms with van der Waals surface area (Å²) in [6.45, 7) is 1.89. The van der Waals surface area contributed by atoms with E-state index in [0.717, 1.165) is 27.1 Å². The Bertz CT molecular complexity index is 1560. The molecule has 2 amide bonds. The Kier molecular flexibility index (Phi) is 9.95. The van der Waals surface area contributed by atoms with Crippen LogP contribution in [0.2, 0.25) is 0 Å². The van der Waals surface area contributed by atoms with Gasteiger partial charge in [0.1, 0.15) is 12.4 Å². The molecule has 42 heavy (non-hydrogen) atoms. The lowest BCUT2D eigenvalue weighted by Gasteiger charge is -2.16. The van der Waals surface area contributed by atoms with Gasteiger partial charge in [0.25, 0.3) is 0 Å². The van der Waals surface area contributed by atoms with Crippen molar-refractivity contribution in [2.45, 2.75) is 24.6 Å². The van der Waals surface area contributed by atoms with Crippen molar-refractivity contribution in [1.29, 1.82) is 0 Å². The number of sulfone groups is 1. The number of benzene rings is 2. The average Bonchev–Trinajstić information content (AvgIpc) is 3.34. The molecule has 1 aliphatic heterocycles. The van der Waals surface area contributed by atoms with E-state index in [9.17, 15) is 36.3 Å². The third kappa shape index (κ3) is 8.07. The highest BCUT2D eigenvalue weighted by atomic mass is 32.2. The SMILES string of the molecule is Cc1cc(COc2ccc(S(=O)(=O)C[C@@H]3CN(C(=O)O)C[C@@H]3C(=O)NO)cc2)c2ccccc2n1.O=C(O)C(F)(F)F. The number of halogens is 3. The molecule has 226 valence electrons. The first-order valence-electron chi connectivity index (χ1n) is 12.1. The number of rotatable bonds is 7. The predicted octanol–water partition coefficient (Wildman–Crippen LogP) is 3.26. The van der Waals surface area contributed by atoms with E-state index in [0.29, 0.717) is 5.75 Å². The van der Waals surface area contributed by atoms with Crippen molar-refractivity contribution in [2.24, 2.45) is 11.8 Å². The molecule has 0 saturated carbocycles. The molecule has 0 aliphatic carbocycles. The van der Waals surface area contributed by atoms with Crippen LogP contribution < -0.4 is 10.2 Å². The average molecular weight is 614 g/mol. The molecule has 0 radical (unpaired) electrons. The van der Waals surface area contributed by atoms with Crippen LogP contribution >= 0.6 is 0 Å². The first kappa shape index (κ1) is 32.1. The van der Waals surface area contributed by atoms with Crippen LogP contribution in [0.5, 0.6) is 5.75 Å². The number of ether oxygens (including phenoxy) is 1. The molecule has 2 heterocycles. The number of fused-ring (bicyclic) bond motifs is 1. The highest BCUT2D eigenvalue weighted by Crippen LogP contribution is 2.28. The number of alkyl halides is 3. The summed E-state index contributed by atoms with van der Waals surface area (Å²) < 4.78 is 63.6. The minimum atomic E-state index is -5.08. The number of pyridine rings is 1. The van der Waals surface area contributed by atoms with Gasteiger partial charge in [-0.3, -0.25) is 15.0 Å². The van der Waals surface area contributed by atoms with Gasteiger partial charge in [0.15, 0.2) is 9.84 Å². The molecule has 3 aromatic rings. The Morgan fingerprint density at radius 1 is 1.07 bits per heavy atom. The summed E-state index contributed by atoms with van der Waals surface area (Å²) in [6.07, 6.45) is -6.33. The minimum Gasteiger partial charge on any atom is -0.489 e. The molecule has 0 spiro atoms. The third-order valence-corrected chi connectivity index (χ3v) is 8.20. The standard InChI is InChI=1S/C24H25N3O7S.C2HF3O2/c1-15-10-16(20-4-2-3-5-22(20)25-15)13-34-18-6-8-19(9-7-18)35(32,33)14-17-11-27(24(29)30)12-21(17)23(28)26-31;3-2(4,5)1(6)7/h2-10,17,21,31H,11-14H2,1H3,(H,26,28)(H,29,30);(H,6,7)/t17-,21-;/m0./s1. The zero-order chi connectivity index (χ0) is 31.2. The number of aliphatic carboxylic acids is 1. The summed E-state index contributed by atoms with van der Waals surface area (Å²) in [5.41, 5.74) is 4.19. The second kappa shape index (κ2) is 13.0. The summed E-state index contributed by atoms with van der Waals surface area (Å²) in [5.74, 6) is -5.27. The molecular weight excluding hydrogens is 587 g/mol. The van der Waals surface area contributed by atoms with Crippen LogP contribution in [0, 0.1) is 18.8 Å². The molecule has 2 aromatic carbocycles. The maximum atomic E-state index is 13.0. The van der Waals surface area contributed by atoms with Crippen LogP contribution in [0.4, 0.5) is 18.0 Å². The first-order valence-corrected chi connectivity index (χ1v) is 13.8. The number of nitrogens with zero attached hydrogens (tertiary/aromatic N) is 2. The summed E-state index contributed by atoms with van der Waals surface area (Å²) in [5, 5.41) is 26.3. The summed E-state index contributed by atoms with van der Waals surface area (Å²) in [6, 6.07) is 15.6. The van der Waals surface area contributed by atoms with Crippen molar-refractivity contribution < 1.29 is 56.1 Å². The molecule has 0 bridgehead atoms. The van der Waals surface area contributed by atoms with Gasteiger partial charge in [-0.2, -0.15) is 13.2 Å². The van der Waals surface area contributed by atoms with Crippen LogP contribution in [0.15, 0.2) is 59.5 Å². The molecule has 12 nitrogen and oxygen atoms in total. The molecule has 1 fully saturated rings. The Morgan fingerprint density at radius 2 is 1.69 bits per heavy atom. The number of hydrogen-bond acceptors (Lipinski definition) is 8. The Hall–Kier alpha value is -4.44. The van der Waals surface area contributed by atoms with Crippen LogP contribution in [-0.4, -0.2) is 76.7 Å². The maximum absolute atomic E-state index is 13.0. The molecule has 16 heteroatoms. The Morgan fingerprint density at radius 3 is 2.26 bits per heavy atom. The number of likely N-dealkylation sites (tertiary alicyclic amines) is 1. The molecule has 4 N–H and O–H groups in total. The van der Waals surface area contributed by atoms with Gasteiger partial charge in [-0.25, -0.2) is 23.5 Å². The van der Waals surface area contributed by atoms with E-state index in [1.54, 1.807) is 12.1 Å². The fraction of sp³-hybridized carbons (Fsp3) is 0.308. The third-order valence-electron chi connectivity index (χ3n) is 6.34. The quantitative estimate of drug-likeness (QED) is 0.228. The summed E-state index contributed by atoms with van der Waals surface area (Å²) in [4.78, 5) is 37.7. The lowest BCUT2D eigenvalue weighted by Crippen LogP contribution is -2.35. The van der Waals surface area contributed by atoms with Crippen molar-refractivity contribution in [1.82, 2.24) is 15.4 Å². The molecule has 4 rings (SSSR count). The van der Waals surface area contributed by atoms with Gasteiger partial charge in [0, 0.05) is 35.7 Å². The van der Waals surface area contributed by atoms with Gasteiger partial charge in [-0.15, -0.1) is 0 Å². The number of carbonyl (C=O) groups excluding carboxylic acids is 1. The van der Waals surface area contributed by atoms with E-state index < -0.39 is 51.6 Å². The minimum absolute atomic E-state index is 0.0342. The smallest absolute Gasteiger partial charge is 0.489 e. The number of para-hydroxylation sites is 1. The number of hydrogen-bond donors (Lipinski definition) is 4. The van der Waals surface area contributed by atoms with E-state index in [4.69, 9.17) is 19.8 Å². The van der Waals surface area contributed by atoms with Crippen molar-refractivity contribution in [3.05, 3.63) is 65.9 Å². The van der Waals surface area contributed by atoms with Gasteiger partial charge in [0.05, 0.1) is 22.1 Å². The zero-order valence-corrected chi connectivity index (χ0v) is 22.7. The number of amides is 2. The molecule has 0 unspecified atom stereocenters. The number of hydroxylamine groups is 1. The number of carbonyl (C=O) groups is 3. The number of aromatic nitrogens is 1. The zero-order valence-electron chi connectivity index (χ0n) is 21.9. The predicted molar refractivity (Wildman–Crippen MR) is 140 cm³/mol. The van der Waals surface area contributed by atoms with E-state index in [1.807, 2.05) is 37.3 Å². The Labute approximate surface area is 237 Å². The maximum Gasteiger partial charge on any atom is 0.490 e. The second-order valence-corrected chi connectivity index (χ2v) is 11.3. The van der Waals surface area contributed by atoms with Crippen molar-refractivity contribution in [2.75, 3.05) is 18.8 Å². The van der Waals surface area contributed by atoms with Crippen LogP contribution in [0.25, 0.3) is 10.9 Å². The van der Waals surface area contributed by atoms with Gasteiger partial charge < -0.3 is 19.8 Å². The van der Waals surface area contributed by atoms with Crippen LogP contribution in [0.1, 0.15) is 11.3 Å². The van der Waals surface area contributed by atoms with Gasteiger partial charge in [-0.1, -0.05) is 18.2 Å². The van der Waals surface area contributed by atoms with Crippen molar-refractivity contribution in [3.63, 3.8) is 0 Å². The molecule has 1 aliphatic rings. The fourth-order valence-corrected chi connectivity index (χ4v) is 6.02. The van der Waals surface area contributed by atoms with Gasteiger partial charge >= 0.3 is 18.2 Å². The molecule has 2 atom stereocenters. The lowest BCUT2D eigenvalue weighted by molar-refractivity contribution is -0.192. The van der Waals surface area contributed by atoms with Crippen LogP contribution in [0.3, 0.4) is 0 Å². The first-order chi connectivity index (χ1) is 19.6. The van der Waals surface area contributed by atoms with Crippen molar-refractivity contribution >= 4 is 38.7 Å². The topological polar surface area (TPSA) is 183 Å². The molecule has 1 saturated heterocycles. The van der Waals surface area contributed by atoms with Gasteiger partial charge in [0.2, 0.25) is 5.91 Å². The Balaban J connectivity index is 0.000000616. The van der Waals surface area contributed by atoms with E-state index in [2.05, 4.69) is 4.98 Å². The number of aryl methyl sites for hydroxylation is 1. The summed E-state index contributed by atoms with van der Waals surface area (Å²) >= 11 is 0. The summed E-state index contributed by atoms with van der Waals surface area (Å²) in [7, 11) is -3.83.